The van der Waals surface area contributed by atoms with Crippen molar-refractivity contribution in [2.45, 2.75) is 38.5 Å². The van der Waals surface area contributed by atoms with E-state index in [0.717, 1.165) is 37.0 Å². The maximum absolute atomic E-state index is 12.2. The summed E-state index contributed by atoms with van der Waals surface area (Å²) in [6.07, 6.45) is 10.8. The normalized spacial score (nSPS) is 25.5. The third-order valence-corrected chi connectivity index (χ3v) is 4.56. The van der Waals surface area contributed by atoms with Gasteiger partial charge < -0.3 is 5.32 Å². The summed E-state index contributed by atoms with van der Waals surface area (Å²) in [7, 11) is 0. The monoisotopic (exact) mass is 318 g/mol. The highest BCUT2D eigenvalue weighted by Crippen LogP contribution is 2.38. The largest absolute Gasteiger partial charge is 0.325 e. The van der Waals surface area contributed by atoms with Crippen LogP contribution in [-0.4, -0.2) is 23.4 Å². The molecule has 1 unspecified atom stereocenters. The maximum atomic E-state index is 12.2. The predicted octanol–water partition coefficient (Wildman–Crippen LogP) is 3.04. The van der Waals surface area contributed by atoms with Gasteiger partial charge in [-0.25, -0.2) is 4.99 Å². The molecule has 0 spiro atoms. The Hall–Kier alpha value is -1.68. The molecule has 116 valence electrons. The van der Waals surface area contributed by atoms with Gasteiger partial charge in [-0.3, -0.25) is 9.59 Å². The third kappa shape index (κ3) is 3.07. The molecule has 0 saturated carbocycles. The number of aliphatic imine (C=N–C) groups is 1. The van der Waals surface area contributed by atoms with E-state index < -0.39 is 0 Å². The van der Waals surface area contributed by atoms with Crippen LogP contribution >= 0.6 is 11.6 Å². The zero-order chi connectivity index (χ0) is 15.5. The molecule has 0 fully saturated rings. The van der Waals surface area contributed by atoms with E-state index in [0.29, 0.717) is 24.4 Å². The summed E-state index contributed by atoms with van der Waals surface area (Å²) in [5.74, 6) is 0.447. The first kappa shape index (κ1) is 15.2. The summed E-state index contributed by atoms with van der Waals surface area (Å²) in [6, 6.07) is 0. The molecule has 0 aromatic rings. The first-order valence-corrected chi connectivity index (χ1v) is 8.33. The Morgan fingerprint density at radius 3 is 3.00 bits per heavy atom. The average Bonchev–Trinajstić information content (AvgIpc) is 2.53. The topological polar surface area (TPSA) is 58.5 Å². The van der Waals surface area contributed by atoms with Crippen LogP contribution < -0.4 is 5.32 Å². The quantitative estimate of drug-likeness (QED) is 0.813. The number of nitrogens with one attached hydrogen (secondary N) is 1. The minimum absolute atomic E-state index is 0.0142. The van der Waals surface area contributed by atoms with Crippen LogP contribution in [0.4, 0.5) is 0 Å². The van der Waals surface area contributed by atoms with Crippen LogP contribution in [0.2, 0.25) is 0 Å². The van der Waals surface area contributed by atoms with Gasteiger partial charge in [-0.15, -0.1) is 11.6 Å². The van der Waals surface area contributed by atoms with Crippen molar-refractivity contribution in [1.29, 1.82) is 0 Å². The number of hydrogen-bond donors (Lipinski definition) is 1. The molecular formula is C17H19ClN2O2. The Bertz CT molecular complexity index is 629. The zero-order valence-electron chi connectivity index (χ0n) is 12.4. The number of nitrogens with zero attached hydrogens (tertiary/aromatic N) is 1. The molecule has 1 N–H and O–H groups in total. The number of allylic oxidation sites excluding steroid dienone is 3. The van der Waals surface area contributed by atoms with Crippen molar-refractivity contribution in [1.82, 2.24) is 5.32 Å². The van der Waals surface area contributed by atoms with Crippen molar-refractivity contribution >= 4 is 29.1 Å². The molecule has 5 heteroatoms. The van der Waals surface area contributed by atoms with Gasteiger partial charge in [-0.1, -0.05) is 6.08 Å². The smallest absolute Gasteiger partial charge is 0.251 e. The van der Waals surface area contributed by atoms with Gasteiger partial charge in [0.05, 0.1) is 5.71 Å². The van der Waals surface area contributed by atoms with Crippen LogP contribution in [0.1, 0.15) is 38.5 Å². The summed E-state index contributed by atoms with van der Waals surface area (Å²) in [6.45, 7) is 0. The van der Waals surface area contributed by atoms with Crippen LogP contribution in [0.15, 0.2) is 40.1 Å². The van der Waals surface area contributed by atoms with Crippen molar-refractivity contribution in [2.24, 2.45) is 10.9 Å². The Morgan fingerprint density at radius 1 is 1.36 bits per heavy atom. The predicted molar refractivity (Wildman–Crippen MR) is 86.7 cm³/mol. The van der Waals surface area contributed by atoms with Crippen molar-refractivity contribution in [3.8, 4) is 0 Å². The summed E-state index contributed by atoms with van der Waals surface area (Å²) in [5.41, 5.74) is 3.64. The number of hydrogen-bond acceptors (Lipinski definition) is 2. The summed E-state index contributed by atoms with van der Waals surface area (Å²) >= 11 is 5.58. The lowest BCUT2D eigenvalue weighted by atomic mass is 9.77. The van der Waals surface area contributed by atoms with Crippen LogP contribution in [0, 0.1) is 5.92 Å². The average molecular weight is 319 g/mol. The highest BCUT2D eigenvalue weighted by atomic mass is 35.5. The maximum Gasteiger partial charge on any atom is 0.251 e. The van der Waals surface area contributed by atoms with E-state index in [9.17, 15) is 9.59 Å². The Balaban J connectivity index is 1.82. The molecule has 3 rings (SSSR count). The van der Waals surface area contributed by atoms with Gasteiger partial charge in [-0.2, -0.15) is 0 Å². The summed E-state index contributed by atoms with van der Waals surface area (Å²) in [5, 5.41) is 2.96. The van der Waals surface area contributed by atoms with Crippen LogP contribution in [-0.2, 0) is 9.59 Å². The molecule has 1 heterocycles. The molecule has 1 aliphatic heterocycles. The molecule has 2 aliphatic carbocycles. The lowest BCUT2D eigenvalue weighted by molar-refractivity contribution is -0.118. The highest BCUT2D eigenvalue weighted by molar-refractivity contribution is 6.18. The number of alkyl halides is 1. The standard InChI is InChI=1S/C17H19ClN2O2/c18-9-3-6-16(21)19-11-7-8-13-12-4-1-2-5-14(12)17(22)20-15(13)10-11/h7-8,10,13H,1-6,9H2,(H,20,22). The molecule has 0 saturated heterocycles. The van der Waals surface area contributed by atoms with Crippen molar-refractivity contribution in [3.05, 3.63) is 35.1 Å². The SMILES string of the molecule is O=C(CCCCl)N=C1C=CC2C(=C1)NC(=O)C1=C2CCCC1. The van der Waals surface area contributed by atoms with Crippen molar-refractivity contribution in [3.63, 3.8) is 0 Å². The van der Waals surface area contributed by atoms with Crippen LogP contribution in [0.5, 0.6) is 0 Å². The highest BCUT2D eigenvalue weighted by Gasteiger charge is 2.32. The van der Waals surface area contributed by atoms with Gasteiger partial charge >= 0.3 is 0 Å². The minimum atomic E-state index is -0.171. The second-order valence-corrected chi connectivity index (χ2v) is 6.20. The fourth-order valence-electron chi connectivity index (χ4n) is 3.24. The Labute approximate surface area is 135 Å². The molecule has 1 atom stereocenters. The van der Waals surface area contributed by atoms with E-state index in [-0.39, 0.29) is 17.7 Å². The number of amides is 2. The molecule has 0 bridgehead atoms. The van der Waals surface area contributed by atoms with Gasteiger partial charge in [0.25, 0.3) is 5.91 Å². The summed E-state index contributed by atoms with van der Waals surface area (Å²) < 4.78 is 0. The molecule has 0 radical (unpaired) electrons. The number of carbonyl (C=O) groups excluding carboxylic acids is 2. The molecule has 3 aliphatic rings. The zero-order valence-corrected chi connectivity index (χ0v) is 13.2. The first-order valence-electron chi connectivity index (χ1n) is 7.79. The number of rotatable bonds is 3. The molecular weight excluding hydrogens is 300 g/mol. The van der Waals surface area contributed by atoms with Crippen LogP contribution in [0.25, 0.3) is 0 Å². The Kier molecular flexibility index (Phi) is 4.57. The second-order valence-electron chi connectivity index (χ2n) is 5.82. The van der Waals surface area contributed by atoms with Gasteiger partial charge in [-0.05, 0) is 49.8 Å². The third-order valence-electron chi connectivity index (χ3n) is 4.29. The summed E-state index contributed by atoms with van der Waals surface area (Å²) in [4.78, 5) is 28.0. The van der Waals surface area contributed by atoms with E-state index in [2.05, 4.69) is 10.3 Å². The fraction of sp³-hybridized carbons (Fsp3) is 0.471. The van der Waals surface area contributed by atoms with Gasteiger partial charge in [0.15, 0.2) is 0 Å². The van der Waals surface area contributed by atoms with Gasteiger partial charge in [0.1, 0.15) is 0 Å². The van der Waals surface area contributed by atoms with E-state index >= 15 is 0 Å². The minimum Gasteiger partial charge on any atom is -0.325 e. The molecule has 0 aromatic carbocycles. The van der Waals surface area contributed by atoms with E-state index in [1.807, 2.05) is 18.2 Å². The van der Waals surface area contributed by atoms with E-state index in [4.69, 9.17) is 11.6 Å². The van der Waals surface area contributed by atoms with E-state index in [1.54, 1.807) is 0 Å². The van der Waals surface area contributed by atoms with Crippen LogP contribution in [0.3, 0.4) is 0 Å². The lowest BCUT2D eigenvalue weighted by Gasteiger charge is -2.33. The fourth-order valence-corrected chi connectivity index (χ4v) is 3.37. The van der Waals surface area contributed by atoms with Gasteiger partial charge in [0, 0.05) is 29.5 Å². The number of halogens is 1. The first-order chi connectivity index (χ1) is 10.7. The molecule has 4 nitrogen and oxygen atoms in total. The van der Waals surface area contributed by atoms with Crippen molar-refractivity contribution < 1.29 is 9.59 Å². The number of fused-ring (bicyclic) bond motifs is 2. The Morgan fingerprint density at radius 2 is 2.18 bits per heavy atom. The van der Waals surface area contributed by atoms with Crippen molar-refractivity contribution in [2.75, 3.05) is 5.88 Å². The molecule has 2 amide bonds. The molecule has 0 aromatic heterocycles. The second kappa shape index (κ2) is 6.61. The molecule has 22 heavy (non-hydrogen) atoms. The number of carbonyl (C=O) groups is 2. The van der Waals surface area contributed by atoms with E-state index in [1.165, 1.54) is 5.57 Å². The van der Waals surface area contributed by atoms with Gasteiger partial charge in [0.2, 0.25) is 5.91 Å². The lowest BCUT2D eigenvalue weighted by Crippen LogP contribution is -2.37.